The van der Waals surface area contributed by atoms with E-state index in [4.69, 9.17) is 11.6 Å². The maximum absolute atomic E-state index is 12.6. The predicted octanol–water partition coefficient (Wildman–Crippen LogP) is 6.37. The van der Waals surface area contributed by atoms with Crippen LogP contribution in [0.25, 0.3) is 10.9 Å². The highest BCUT2D eigenvalue weighted by Gasteiger charge is 2.28. The van der Waals surface area contributed by atoms with Crippen molar-refractivity contribution < 1.29 is 4.79 Å². The third kappa shape index (κ3) is 4.62. The van der Waals surface area contributed by atoms with Crippen LogP contribution in [0.1, 0.15) is 60.9 Å². The molecule has 4 rings (SSSR count). The van der Waals surface area contributed by atoms with Crippen LogP contribution in [-0.4, -0.2) is 16.9 Å². The fourth-order valence-electron chi connectivity index (χ4n) is 4.57. The Labute approximate surface area is 177 Å². The number of halogens is 1. The molecular weight excluding hydrogens is 380 g/mol. The molecule has 1 aliphatic carbocycles. The summed E-state index contributed by atoms with van der Waals surface area (Å²) in [5, 5.41) is 5.12. The van der Waals surface area contributed by atoms with Crippen LogP contribution < -0.4 is 5.32 Å². The second-order valence-electron chi connectivity index (χ2n) is 8.07. The van der Waals surface area contributed by atoms with E-state index in [9.17, 15) is 4.79 Å². The molecule has 0 unspecified atom stereocenters. The summed E-state index contributed by atoms with van der Waals surface area (Å²) >= 11 is 5.93. The Morgan fingerprint density at radius 3 is 2.55 bits per heavy atom. The Bertz CT molecular complexity index is 978. The number of amides is 1. The van der Waals surface area contributed by atoms with Gasteiger partial charge in [-0.3, -0.25) is 9.78 Å². The minimum Gasteiger partial charge on any atom is -0.349 e. The van der Waals surface area contributed by atoms with E-state index in [2.05, 4.69) is 41.5 Å². The number of pyridine rings is 1. The first-order valence-corrected chi connectivity index (χ1v) is 10.9. The number of carbonyl (C=O) groups is 1. The van der Waals surface area contributed by atoms with E-state index in [1.54, 1.807) is 24.3 Å². The largest absolute Gasteiger partial charge is 0.349 e. The molecule has 150 valence electrons. The number of carbonyl (C=O) groups excluding carboxylic acids is 1. The molecule has 1 heterocycles. The van der Waals surface area contributed by atoms with Crippen LogP contribution in [0.3, 0.4) is 0 Å². The van der Waals surface area contributed by atoms with Gasteiger partial charge >= 0.3 is 0 Å². The van der Waals surface area contributed by atoms with E-state index in [1.807, 2.05) is 12.3 Å². The van der Waals surface area contributed by atoms with Crippen molar-refractivity contribution in [2.75, 3.05) is 0 Å². The molecule has 0 bridgehead atoms. The average Bonchev–Trinajstić information content (AvgIpc) is 2.77. The second kappa shape index (κ2) is 8.96. The third-order valence-electron chi connectivity index (χ3n) is 6.29. The summed E-state index contributed by atoms with van der Waals surface area (Å²) in [5.41, 5.74) is 3.07. The molecule has 1 aliphatic rings. The Morgan fingerprint density at radius 2 is 1.83 bits per heavy atom. The van der Waals surface area contributed by atoms with Gasteiger partial charge in [-0.2, -0.15) is 0 Å². The van der Waals surface area contributed by atoms with Gasteiger partial charge in [0.2, 0.25) is 0 Å². The lowest BCUT2D eigenvalue weighted by Crippen LogP contribution is -2.41. The lowest BCUT2D eigenvalue weighted by Gasteiger charge is -2.34. The zero-order valence-electron chi connectivity index (χ0n) is 16.8. The Balaban J connectivity index is 1.38. The zero-order chi connectivity index (χ0) is 20.2. The summed E-state index contributed by atoms with van der Waals surface area (Å²) in [7, 11) is 0. The number of fused-ring (bicyclic) bond motifs is 1. The summed E-state index contributed by atoms with van der Waals surface area (Å²) in [4.78, 5) is 17.3. The normalized spacial score (nSPS) is 20.3. The maximum Gasteiger partial charge on any atom is 0.251 e. The molecule has 1 aromatic heterocycles. The van der Waals surface area contributed by atoms with E-state index in [0.717, 1.165) is 37.6 Å². The van der Waals surface area contributed by atoms with E-state index in [1.165, 1.54) is 10.9 Å². The predicted molar refractivity (Wildman–Crippen MR) is 119 cm³/mol. The molecule has 0 aliphatic heterocycles. The molecule has 1 N–H and O–H groups in total. The third-order valence-corrected chi connectivity index (χ3v) is 6.54. The van der Waals surface area contributed by atoms with Gasteiger partial charge in [-0.05, 0) is 85.9 Å². The van der Waals surface area contributed by atoms with Crippen LogP contribution in [-0.2, 0) is 0 Å². The molecule has 0 radical (unpaired) electrons. The van der Waals surface area contributed by atoms with Gasteiger partial charge in [-0.1, -0.05) is 36.7 Å². The lowest BCUT2D eigenvalue weighted by molar-refractivity contribution is 0.0909. The number of nitrogens with zero attached hydrogens (tertiary/aromatic N) is 1. The molecule has 3 aromatic rings. The lowest BCUT2D eigenvalue weighted by atomic mass is 9.75. The number of para-hydroxylation sites is 1. The smallest absolute Gasteiger partial charge is 0.251 e. The summed E-state index contributed by atoms with van der Waals surface area (Å²) in [6.07, 6.45) is 7.57. The van der Waals surface area contributed by atoms with Gasteiger partial charge in [0.1, 0.15) is 0 Å². The van der Waals surface area contributed by atoms with E-state index in [-0.39, 0.29) is 11.9 Å². The van der Waals surface area contributed by atoms with Gasteiger partial charge in [0.05, 0.1) is 5.52 Å². The Hall–Kier alpha value is -2.39. The Kier molecular flexibility index (Phi) is 6.15. The van der Waals surface area contributed by atoms with Crippen molar-refractivity contribution in [2.24, 2.45) is 5.92 Å². The zero-order valence-corrected chi connectivity index (χ0v) is 17.5. The van der Waals surface area contributed by atoms with Crippen molar-refractivity contribution in [3.05, 3.63) is 76.9 Å². The van der Waals surface area contributed by atoms with Gasteiger partial charge in [-0.25, -0.2) is 0 Å². The maximum atomic E-state index is 12.6. The van der Waals surface area contributed by atoms with Crippen LogP contribution in [0, 0.1) is 5.92 Å². The van der Waals surface area contributed by atoms with Gasteiger partial charge in [0, 0.05) is 28.2 Å². The number of hydrogen-bond acceptors (Lipinski definition) is 2. The average molecular weight is 407 g/mol. The minimum absolute atomic E-state index is 0.00521. The molecule has 1 amide bonds. The molecule has 29 heavy (non-hydrogen) atoms. The van der Waals surface area contributed by atoms with Gasteiger partial charge in [-0.15, -0.1) is 0 Å². The molecular formula is C25H27ClN2O. The number of hydrogen-bond donors (Lipinski definition) is 1. The van der Waals surface area contributed by atoms with E-state index >= 15 is 0 Å². The number of aromatic nitrogens is 1. The van der Waals surface area contributed by atoms with Crippen LogP contribution in [0.2, 0.25) is 5.02 Å². The molecule has 0 saturated heterocycles. The highest BCUT2D eigenvalue weighted by Crippen LogP contribution is 2.38. The molecule has 1 atom stereocenters. The second-order valence-corrected chi connectivity index (χ2v) is 8.50. The summed E-state index contributed by atoms with van der Waals surface area (Å²) in [6.45, 7) is 2.16. The van der Waals surface area contributed by atoms with Gasteiger partial charge in [0.25, 0.3) is 5.91 Å². The summed E-state index contributed by atoms with van der Waals surface area (Å²) < 4.78 is 0. The van der Waals surface area contributed by atoms with Crippen molar-refractivity contribution >= 4 is 28.4 Å². The summed E-state index contributed by atoms with van der Waals surface area (Å²) in [5.74, 6) is 1.09. The first-order valence-electron chi connectivity index (χ1n) is 10.5. The highest BCUT2D eigenvalue weighted by molar-refractivity contribution is 6.30. The molecule has 0 spiro atoms. The number of rotatable bonds is 5. The van der Waals surface area contributed by atoms with E-state index in [0.29, 0.717) is 22.4 Å². The van der Waals surface area contributed by atoms with Gasteiger partial charge < -0.3 is 5.32 Å². The molecule has 4 heteroatoms. The van der Waals surface area contributed by atoms with Crippen LogP contribution >= 0.6 is 11.6 Å². The summed E-state index contributed by atoms with van der Waals surface area (Å²) in [6, 6.07) is 17.9. The van der Waals surface area contributed by atoms with Crippen molar-refractivity contribution in [2.45, 2.75) is 51.0 Å². The van der Waals surface area contributed by atoms with E-state index < -0.39 is 0 Å². The molecule has 1 fully saturated rings. The van der Waals surface area contributed by atoms with Crippen LogP contribution in [0.4, 0.5) is 0 Å². The topological polar surface area (TPSA) is 42.0 Å². The highest BCUT2D eigenvalue weighted by atomic mass is 35.5. The Morgan fingerprint density at radius 1 is 1.10 bits per heavy atom. The fourth-order valence-corrected chi connectivity index (χ4v) is 4.70. The quantitative estimate of drug-likeness (QED) is 0.534. The monoisotopic (exact) mass is 406 g/mol. The minimum atomic E-state index is -0.00521. The van der Waals surface area contributed by atoms with Crippen LogP contribution in [0.5, 0.6) is 0 Å². The standard InChI is InChI=1S/C25H27ClN2O/c1-2-23(28-25(29)19-11-13-22(26)14-12-19)18-9-7-17(8-10-18)21-15-20-5-3-4-6-24(20)27-16-21/h3-6,11-18,23H,2,7-10H2,1H3,(H,28,29)/t17?,18?,23-/m1/s1. The van der Waals surface area contributed by atoms with Crippen molar-refractivity contribution in [3.63, 3.8) is 0 Å². The van der Waals surface area contributed by atoms with Crippen molar-refractivity contribution in [3.8, 4) is 0 Å². The first kappa shape index (κ1) is 19.9. The molecule has 1 saturated carbocycles. The molecule has 3 nitrogen and oxygen atoms in total. The number of benzene rings is 2. The fraction of sp³-hybridized carbons (Fsp3) is 0.360. The SMILES string of the molecule is CC[C@@H](NC(=O)c1ccc(Cl)cc1)C1CCC(c2cnc3ccccc3c2)CC1. The first-order chi connectivity index (χ1) is 14.1. The van der Waals surface area contributed by atoms with Crippen LogP contribution in [0.15, 0.2) is 60.8 Å². The van der Waals surface area contributed by atoms with Crippen molar-refractivity contribution in [1.82, 2.24) is 10.3 Å². The van der Waals surface area contributed by atoms with Gasteiger partial charge in [0.15, 0.2) is 0 Å². The molecule has 2 aromatic carbocycles. The number of nitrogens with one attached hydrogen (secondary N) is 1. The van der Waals surface area contributed by atoms with Crippen molar-refractivity contribution in [1.29, 1.82) is 0 Å².